The fourth-order valence-corrected chi connectivity index (χ4v) is 7.43. The lowest BCUT2D eigenvalue weighted by molar-refractivity contribution is -0.129. The topological polar surface area (TPSA) is 76.0 Å². The Kier molecular flexibility index (Phi) is 8.92. The van der Waals surface area contributed by atoms with E-state index in [-0.39, 0.29) is 17.9 Å². The third-order valence-corrected chi connectivity index (χ3v) is 10.1. The number of nitrogens with one attached hydrogen (secondary N) is 1. The van der Waals surface area contributed by atoms with Gasteiger partial charge in [0.1, 0.15) is 5.56 Å². The Balaban J connectivity index is 1.29. The third kappa shape index (κ3) is 5.99. The summed E-state index contributed by atoms with van der Waals surface area (Å²) in [5.41, 5.74) is 1.66. The number of likely N-dealkylation sites (N-methyl/N-ethyl adjacent to an activating group) is 1. The van der Waals surface area contributed by atoms with E-state index in [1.807, 2.05) is 47.4 Å². The highest BCUT2D eigenvalue weighted by Gasteiger charge is 2.45. The molecule has 1 atom stereocenters. The first kappa shape index (κ1) is 30.3. The maximum Gasteiger partial charge on any atom is 0.259 e. The highest BCUT2D eigenvalue weighted by molar-refractivity contribution is 6.31. The van der Waals surface area contributed by atoms with Crippen LogP contribution in [0.1, 0.15) is 48.0 Å². The minimum absolute atomic E-state index is 0.0275. The van der Waals surface area contributed by atoms with Crippen molar-refractivity contribution < 1.29 is 19.1 Å². The number of carbonyl (C=O) groups is 2. The summed E-state index contributed by atoms with van der Waals surface area (Å²) >= 11 is 12.7. The number of piperidine rings is 1. The second kappa shape index (κ2) is 12.7. The molecule has 4 heterocycles. The molecule has 0 spiro atoms. The Labute approximate surface area is 263 Å². The van der Waals surface area contributed by atoms with Crippen LogP contribution in [0, 0.1) is 5.92 Å². The number of likely N-dealkylation sites (tertiary alicyclic amines) is 2. The van der Waals surface area contributed by atoms with Gasteiger partial charge in [-0.2, -0.15) is 0 Å². The number of fused-ring (bicyclic) bond motifs is 1. The van der Waals surface area contributed by atoms with Gasteiger partial charge in [0.05, 0.1) is 18.0 Å². The van der Waals surface area contributed by atoms with Gasteiger partial charge in [-0.25, -0.2) is 0 Å². The summed E-state index contributed by atoms with van der Waals surface area (Å²) in [5, 5.41) is 5.33. The van der Waals surface area contributed by atoms with Crippen molar-refractivity contribution in [2.45, 2.75) is 50.1 Å². The van der Waals surface area contributed by atoms with Crippen molar-refractivity contribution in [2.75, 3.05) is 53.6 Å². The van der Waals surface area contributed by atoms with Gasteiger partial charge in [0.2, 0.25) is 11.8 Å². The van der Waals surface area contributed by atoms with Crippen LogP contribution >= 0.6 is 23.2 Å². The second-order valence-electron chi connectivity index (χ2n) is 12.3. The van der Waals surface area contributed by atoms with Gasteiger partial charge in [-0.05, 0) is 87.5 Å². The van der Waals surface area contributed by atoms with Gasteiger partial charge in [0.25, 0.3) is 5.91 Å². The SMILES string of the molecule is COc1c(C(=O)N2CCC(C(=O)N[C@@H]3CCN(C)C3)(c3ccc(Cl)cc3)CC2)c2cc(Cl)ccc2n1CC1CCOCC1. The molecule has 10 heteroatoms. The van der Waals surface area contributed by atoms with Crippen molar-refractivity contribution in [3.05, 3.63) is 63.6 Å². The quantitative estimate of drug-likeness (QED) is 0.381. The van der Waals surface area contributed by atoms with Crippen LogP contribution in [0.3, 0.4) is 0 Å². The molecule has 3 aromatic rings. The van der Waals surface area contributed by atoms with E-state index in [0.717, 1.165) is 68.6 Å². The molecule has 1 N–H and O–H groups in total. The molecule has 3 aliphatic rings. The maximum absolute atomic E-state index is 14.3. The number of rotatable bonds is 7. The normalized spacial score (nSPS) is 21.3. The zero-order valence-corrected chi connectivity index (χ0v) is 26.4. The van der Waals surface area contributed by atoms with Crippen molar-refractivity contribution in [3.63, 3.8) is 0 Å². The van der Waals surface area contributed by atoms with E-state index < -0.39 is 5.41 Å². The van der Waals surface area contributed by atoms with E-state index in [0.29, 0.717) is 53.3 Å². The van der Waals surface area contributed by atoms with Crippen LogP contribution in [0.25, 0.3) is 10.9 Å². The molecule has 2 aromatic carbocycles. The summed E-state index contributed by atoms with van der Waals surface area (Å²) in [4.78, 5) is 32.4. The lowest BCUT2D eigenvalue weighted by atomic mass is 9.71. The number of hydrogen-bond donors (Lipinski definition) is 1. The van der Waals surface area contributed by atoms with Crippen LogP contribution in [-0.4, -0.2) is 85.8 Å². The molecular weight excluding hydrogens is 587 g/mol. The predicted octanol–water partition coefficient (Wildman–Crippen LogP) is 5.38. The van der Waals surface area contributed by atoms with Crippen LogP contribution in [0.4, 0.5) is 0 Å². The van der Waals surface area contributed by atoms with Crippen molar-refractivity contribution in [3.8, 4) is 5.88 Å². The number of methoxy groups -OCH3 is 1. The molecule has 0 unspecified atom stereocenters. The van der Waals surface area contributed by atoms with Crippen LogP contribution in [-0.2, 0) is 21.5 Å². The second-order valence-corrected chi connectivity index (χ2v) is 13.2. The lowest BCUT2D eigenvalue weighted by Gasteiger charge is -2.41. The highest BCUT2D eigenvalue weighted by Crippen LogP contribution is 2.40. The first-order valence-corrected chi connectivity index (χ1v) is 16.0. The number of carbonyl (C=O) groups excluding carboxylic acids is 2. The predicted molar refractivity (Wildman–Crippen MR) is 169 cm³/mol. The van der Waals surface area contributed by atoms with Gasteiger partial charge in [-0.15, -0.1) is 0 Å². The number of nitrogens with zero attached hydrogens (tertiary/aromatic N) is 3. The molecule has 1 aromatic heterocycles. The van der Waals surface area contributed by atoms with Gasteiger partial charge >= 0.3 is 0 Å². The Hall–Kier alpha value is -2.78. The zero-order chi connectivity index (χ0) is 30.1. The maximum atomic E-state index is 14.3. The van der Waals surface area contributed by atoms with E-state index in [2.05, 4.69) is 21.8 Å². The van der Waals surface area contributed by atoms with E-state index in [1.54, 1.807) is 7.11 Å². The Bertz CT molecular complexity index is 1480. The van der Waals surface area contributed by atoms with Gasteiger partial charge in [-0.3, -0.25) is 9.59 Å². The average Bonchev–Trinajstić information content (AvgIpc) is 3.56. The molecule has 0 aliphatic carbocycles. The number of aromatic nitrogens is 1. The number of amides is 2. The number of benzene rings is 2. The van der Waals surface area contributed by atoms with E-state index in [9.17, 15) is 9.59 Å². The Morgan fingerprint density at radius 2 is 1.70 bits per heavy atom. The van der Waals surface area contributed by atoms with Crippen molar-refractivity contribution in [2.24, 2.45) is 5.92 Å². The third-order valence-electron chi connectivity index (χ3n) is 9.63. The van der Waals surface area contributed by atoms with Crippen LogP contribution < -0.4 is 10.1 Å². The van der Waals surface area contributed by atoms with Gasteiger partial charge in [0.15, 0.2) is 0 Å². The summed E-state index contributed by atoms with van der Waals surface area (Å²) in [7, 11) is 3.70. The molecule has 2 amide bonds. The lowest BCUT2D eigenvalue weighted by Crippen LogP contribution is -2.54. The fraction of sp³-hybridized carbons (Fsp3) is 0.515. The summed E-state index contributed by atoms with van der Waals surface area (Å²) in [6.45, 7) is 4.93. The molecule has 43 heavy (non-hydrogen) atoms. The van der Waals surface area contributed by atoms with E-state index >= 15 is 0 Å². The zero-order valence-electron chi connectivity index (χ0n) is 24.9. The first-order valence-electron chi connectivity index (χ1n) is 15.3. The molecule has 8 nitrogen and oxygen atoms in total. The molecule has 230 valence electrons. The molecule has 3 fully saturated rings. The van der Waals surface area contributed by atoms with E-state index in [4.69, 9.17) is 32.7 Å². The monoisotopic (exact) mass is 626 g/mol. The average molecular weight is 628 g/mol. The highest BCUT2D eigenvalue weighted by atomic mass is 35.5. The number of halogens is 2. The minimum Gasteiger partial charge on any atom is -0.482 e. The fourth-order valence-electron chi connectivity index (χ4n) is 7.13. The van der Waals surface area contributed by atoms with Crippen molar-refractivity contribution >= 4 is 45.9 Å². The minimum atomic E-state index is -0.743. The molecule has 3 saturated heterocycles. The molecule has 0 saturated carbocycles. The molecule has 0 radical (unpaired) electrons. The van der Waals surface area contributed by atoms with Crippen LogP contribution in [0.5, 0.6) is 5.88 Å². The van der Waals surface area contributed by atoms with Crippen molar-refractivity contribution in [1.82, 2.24) is 19.7 Å². The van der Waals surface area contributed by atoms with E-state index in [1.165, 1.54) is 0 Å². The number of ether oxygens (including phenoxy) is 2. The van der Waals surface area contributed by atoms with Gasteiger partial charge in [-0.1, -0.05) is 35.3 Å². The standard InChI is InChI=1S/C33H40Cl2N4O4/c1-37-14-9-26(21-37)36-32(41)33(23-3-5-24(34)6-4-23)12-15-38(16-13-33)30(40)29-27-19-25(35)7-8-28(27)39(31(29)42-2)20-22-10-17-43-18-11-22/h3-8,19,22,26H,9-18,20-21H2,1-2H3,(H,36,41)/t26-/m1/s1. The molecule has 6 rings (SSSR count). The van der Waals surface area contributed by atoms with Gasteiger partial charge in [0, 0.05) is 60.9 Å². The molecule has 0 bridgehead atoms. The smallest absolute Gasteiger partial charge is 0.259 e. The molecular formula is C33H40Cl2N4O4. The summed E-state index contributed by atoms with van der Waals surface area (Å²) in [6.07, 6.45) is 3.90. The summed E-state index contributed by atoms with van der Waals surface area (Å²) < 4.78 is 13.7. The largest absolute Gasteiger partial charge is 0.482 e. The molecule has 3 aliphatic heterocycles. The van der Waals surface area contributed by atoms with Crippen LogP contribution in [0.2, 0.25) is 10.0 Å². The van der Waals surface area contributed by atoms with Gasteiger partial charge < -0.3 is 29.2 Å². The Morgan fingerprint density at radius 3 is 2.35 bits per heavy atom. The summed E-state index contributed by atoms with van der Waals surface area (Å²) in [5.74, 6) is 0.924. The van der Waals surface area contributed by atoms with Crippen molar-refractivity contribution in [1.29, 1.82) is 0 Å². The first-order chi connectivity index (χ1) is 20.8. The number of hydrogen-bond acceptors (Lipinski definition) is 5. The van der Waals surface area contributed by atoms with Crippen LogP contribution in [0.15, 0.2) is 42.5 Å². The summed E-state index contributed by atoms with van der Waals surface area (Å²) in [6, 6.07) is 13.4. The Morgan fingerprint density at radius 1 is 1.00 bits per heavy atom.